The minimum atomic E-state index is 0.693. The molecular formula is C14H16BrN3. The molecule has 0 aromatic heterocycles. The number of nitriles is 1. The van der Waals surface area contributed by atoms with E-state index in [1.807, 2.05) is 12.1 Å². The molecule has 2 unspecified atom stereocenters. The van der Waals surface area contributed by atoms with Crippen LogP contribution in [0.1, 0.15) is 18.4 Å². The summed E-state index contributed by atoms with van der Waals surface area (Å²) in [7, 11) is 0. The highest BCUT2D eigenvalue weighted by atomic mass is 79.9. The lowest BCUT2D eigenvalue weighted by Crippen LogP contribution is -2.44. The van der Waals surface area contributed by atoms with Crippen LogP contribution in [0.2, 0.25) is 0 Å². The third-order valence-corrected chi connectivity index (χ3v) is 4.76. The zero-order valence-corrected chi connectivity index (χ0v) is 11.8. The number of rotatable bonds is 1. The Morgan fingerprint density at radius 1 is 1.39 bits per heavy atom. The van der Waals surface area contributed by atoms with Gasteiger partial charge in [-0.1, -0.05) is 6.07 Å². The number of anilines is 1. The van der Waals surface area contributed by atoms with Crippen LogP contribution in [0.3, 0.4) is 0 Å². The summed E-state index contributed by atoms with van der Waals surface area (Å²) in [6.07, 6.45) is 2.44. The average molecular weight is 306 g/mol. The molecule has 2 aliphatic rings. The van der Waals surface area contributed by atoms with Crippen LogP contribution < -0.4 is 10.2 Å². The largest absolute Gasteiger partial charge is 0.370 e. The Balaban J connectivity index is 1.87. The monoisotopic (exact) mass is 305 g/mol. The van der Waals surface area contributed by atoms with E-state index in [1.165, 1.54) is 12.8 Å². The zero-order valence-electron chi connectivity index (χ0n) is 10.2. The van der Waals surface area contributed by atoms with E-state index in [1.54, 1.807) is 0 Å². The summed E-state index contributed by atoms with van der Waals surface area (Å²) in [5.74, 6) is 0.740. The molecule has 0 saturated carbocycles. The molecule has 0 spiro atoms. The fraction of sp³-hybridized carbons (Fsp3) is 0.500. The minimum absolute atomic E-state index is 0.693. The van der Waals surface area contributed by atoms with E-state index in [0.717, 1.165) is 41.3 Å². The maximum atomic E-state index is 9.30. The van der Waals surface area contributed by atoms with Gasteiger partial charge in [0.25, 0.3) is 0 Å². The fourth-order valence-electron chi connectivity index (χ4n) is 3.15. The molecule has 2 atom stereocenters. The van der Waals surface area contributed by atoms with Gasteiger partial charge in [0.2, 0.25) is 0 Å². The second kappa shape index (κ2) is 4.91. The zero-order chi connectivity index (χ0) is 12.5. The molecule has 2 heterocycles. The molecule has 3 rings (SSSR count). The quantitative estimate of drug-likeness (QED) is 0.866. The van der Waals surface area contributed by atoms with Crippen LogP contribution in [-0.4, -0.2) is 25.7 Å². The smallest absolute Gasteiger partial charge is 0.103 e. The minimum Gasteiger partial charge on any atom is -0.370 e. The molecule has 2 fully saturated rings. The number of benzene rings is 1. The van der Waals surface area contributed by atoms with Gasteiger partial charge in [-0.05, 0) is 53.4 Å². The van der Waals surface area contributed by atoms with Crippen LogP contribution in [0.25, 0.3) is 0 Å². The van der Waals surface area contributed by atoms with Crippen molar-refractivity contribution in [2.75, 3.05) is 24.5 Å². The van der Waals surface area contributed by atoms with Gasteiger partial charge in [0, 0.05) is 23.6 Å². The first-order valence-electron chi connectivity index (χ1n) is 6.46. The predicted octanol–water partition coefficient (Wildman–Crippen LogP) is 2.51. The van der Waals surface area contributed by atoms with E-state index in [0.29, 0.717) is 6.04 Å². The summed E-state index contributed by atoms with van der Waals surface area (Å²) in [6.45, 7) is 3.26. The molecule has 1 N–H and O–H groups in total. The van der Waals surface area contributed by atoms with Gasteiger partial charge >= 0.3 is 0 Å². The number of hydrogen-bond acceptors (Lipinski definition) is 3. The van der Waals surface area contributed by atoms with Crippen LogP contribution in [0, 0.1) is 17.2 Å². The molecule has 18 heavy (non-hydrogen) atoms. The van der Waals surface area contributed by atoms with E-state index in [-0.39, 0.29) is 0 Å². The lowest BCUT2D eigenvalue weighted by molar-refractivity contribution is 0.376. The highest BCUT2D eigenvalue weighted by Gasteiger charge is 2.33. The second-order valence-corrected chi connectivity index (χ2v) is 5.94. The maximum absolute atomic E-state index is 9.30. The number of hydrogen-bond donors (Lipinski definition) is 1. The molecule has 0 aliphatic carbocycles. The van der Waals surface area contributed by atoms with Crippen LogP contribution in [0.4, 0.5) is 5.69 Å². The Morgan fingerprint density at radius 3 is 3.11 bits per heavy atom. The average Bonchev–Trinajstić information content (AvgIpc) is 2.85. The SMILES string of the molecule is N#Cc1c(Br)cccc1N1CCC2NCCC2C1. The molecular weight excluding hydrogens is 290 g/mol. The lowest BCUT2D eigenvalue weighted by Gasteiger charge is -2.36. The van der Waals surface area contributed by atoms with Crippen molar-refractivity contribution in [3.63, 3.8) is 0 Å². The highest BCUT2D eigenvalue weighted by Crippen LogP contribution is 2.32. The number of piperidine rings is 1. The second-order valence-electron chi connectivity index (χ2n) is 5.09. The summed E-state index contributed by atoms with van der Waals surface area (Å²) < 4.78 is 0.897. The summed E-state index contributed by atoms with van der Waals surface area (Å²) in [5, 5.41) is 12.9. The van der Waals surface area contributed by atoms with Crippen molar-refractivity contribution >= 4 is 21.6 Å². The predicted molar refractivity (Wildman–Crippen MR) is 75.6 cm³/mol. The van der Waals surface area contributed by atoms with Gasteiger partial charge in [-0.25, -0.2) is 0 Å². The standard InChI is InChI=1S/C14H16BrN3/c15-12-2-1-3-14(11(12)8-16)18-7-5-13-10(9-18)4-6-17-13/h1-3,10,13,17H,4-7,9H2. The van der Waals surface area contributed by atoms with Crippen molar-refractivity contribution < 1.29 is 0 Å². The molecule has 1 aromatic carbocycles. The van der Waals surface area contributed by atoms with Crippen molar-refractivity contribution in [1.29, 1.82) is 5.26 Å². The van der Waals surface area contributed by atoms with Crippen molar-refractivity contribution in [3.8, 4) is 6.07 Å². The lowest BCUT2D eigenvalue weighted by atomic mass is 9.92. The number of halogens is 1. The molecule has 3 nitrogen and oxygen atoms in total. The Kier molecular flexibility index (Phi) is 3.27. The Bertz CT molecular complexity index is 494. The first-order chi connectivity index (χ1) is 8.79. The normalized spacial score (nSPS) is 26.8. The Hall–Kier alpha value is -1.05. The fourth-order valence-corrected chi connectivity index (χ4v) is 3.60. The van der Waals surface area contributed by atoms with Crippen LogP contribution in [-0.2, 0) is 0 Å². The van der Waals surface area contributed by atoms with E-state index >= 15 is 0 Å². The van der Waals surface area contributed by atoms with Gasteiger partial charge in [0.1, 0.15) is 6.07 Å². The third kappa shape index (κ3) is 2.02. The third-order valence-electron chi connectivity index (χ3n) is 4.10. The van der Waals surface area contributed by atoms with Crippen molar-refractivity contribution in [1.82, 2.24) is 5.32 Å². The van der Waals surface area contributed by atoms with E-state index < -0.39 is 0 Å². The van der Waals surface area contributed by atoms with Crippen LogP contribution >= 0.6 is 15.9 Å². The van der Waals surface area contributed by atoms with Crippen LogP contribution in [0.5, 0.6) is 0 Å². The summed E-state index contributed by atoms with van der Waals surface area (Å²) in [6, 6.07) is 9.02. The number of nitrogens with zero attached hydrogens (tertiary/aromatic N) is 2. The van der Waals surface area contributed by atoms with E-state index in [2.05, 4.69) is 38.3 Å². The van der Waals surface area contributed by atoms with Gasteiger partial charge in [0.15, 0.2) is 0 Å². The molecule has 0 amide bonds. The maximum Gasteiger partial charge on any atom is 0.103 e. The molecule has 2 saturated heterocycles. The van der Waals surface area contributed by atoms with E-state index in [4.69, 9.17) is 0 Å². The van der Waals surface area contributed by atoms with Gasteiger partial charge < -0.3 is 10.2 Å². The molecule has 1 aromatic rings. The Labute approximate surface area is 116 Å². The van der Waals surface area contributed by atoms with Crippen molar-refractivity contribution in [2.24, 2.45) is 5.92 Å². The molecule has 0 radical (unpaired) electrons. The van der Waals surface area contributed by atoms with Gasteiger partial charge in [-0.2, -0.15) is 5.26 Å². The molecule has 94 valence electrons. The summed E-state index contributed by atoms with van der Waals surface area (Å²) >= 11 is 3.47. The summed E-state index contributed by atoms with van der Waals surface area (Å²) in [5.41, 5.74) is 1.85. The topological polar surface area (TPSA) is 39.1 Å². The number of nitrogens with one attached hydrogen (secondary N) is 1. The first kappa shape index (κ1) is 12.0. The van der Waals surface area contributed by atoms with Gasteiger partial charge in [-0.15, -0.1) is 0 Å². The molecule has 4 heteroatoms. The highest BCUT2D eigenvalue weighted by molar-refractivity contribution is 9.10. The Morgan fingerprint density at radius 2 is 2.28 bits per heavy atom. The van der Waals surface area contributed by atoms with Crippen molar-refractivity contribution in [3.05, 3.63) is 28.2 Å². The van der Waals surface area contributed by atoms with Gasteiger partial charge in [-0.3, -0.25) is 0 Å². The van der Waals surface area contributed by atoms with E-state index in [9.17, 15) is 5.26 Å². The molecule has 2 aliphatic heterocycles. The van der Waals surface area contributed by atoms with Crippen molar-refractivity contribution in [2.45, 2.75) is 18.9 Å². The number of fused-ring (bicyclic) bond motifs is 1. The summed E-state index contributed by atoms with van der Waals surface area (Å²) in [4.78, 5) is 2.37. The first-order valence-corrected chi connectivity index (χ1v) is 7.26. The van der Waals surface area contributed by atoms with Gasteiger partial charge in [0.05, 0.1) is 11.3 Å². The molecule has 0 bridgehead atoms. The van der Waals surface area contributed by atoms with Crippen LogP contribution in [0.15, 0.2) is 22.7 Å².